The maximum absolute atomic E-state index is 10.8. The van der Waals surface area contributed by atoms with Crippen molar-refractivity contribution in [1.29, 1.82) is 0 Å². The van der Waals surface area contributed by atoms with Crippen LogP contribution in [-0.4, -0.2) is 40.5 Å². The number of aliphatic hydroxyl groups is 1. The zero-order valence-electron chi connectivity index (χ0n) is 12.6. The lowest BCUT2D eigenvalue weighted by molar-refractivity contribution is 0.0697. The van der Waals surface area contributed by atoms with E-state index in [0.717, 1.165) is 0 Å². The highest BCUT2D eigenvalue weighted by Crippen LogP contribution is 2.12. The normalized spacial score (nSPS) is 17.3. The van der Waals surface area contributed by atoms with E-state index in [9.17, 15) is 9.90 Å². The molecule has 1 heterocycles. The molecule has 0 unspecified atom stereocenters. The molecule has 1 aromatic carbocycles. The summed E-state index contributed by atoms with van der Waals surface area (Å²) in [6.07, 6.45) is 1.45. The van der Waals surface area contributed by atoms with Gasteiger partial charge in [-0.1, -0.05) is 6.58 Å². The first kappa shape index (κ1) is 16.7. The molecule has 124 valence electrons. The number of nitrogens with one attached hydrogen (secondary N) is 1. The van der Waals surface area contributed by atoms with Crippen LogP contribution in [0.3, 0.4) is 0 Å². The van der Waals surface area contributed by atoms with Crippen LogP contribution < -0.4 is 16.8 Å². The number of carboxylic acid groups (broad SMARTS) is 1. The van der Waals surface area contributed by atoms with Crippen LogP contribution in [0.5, 0.6) is 0 Å². The third-order valence-electron chi connectivity index (χ3n) is 2.90. The fraction of sp³-hybridized carbons (Fsp3) is 0.0667. The Morgan fingerprint density at radius 3 is 2.46 bits per heavy atom. The van der Waals surface area contributed by atoms with E-state index in [1.54, 1.807) is 12.1 Å². The summed E-state index contributed by atoms with van der Waals surface area (Å²) in [7, 11) is 0. The minimum absolute atomic E-state index is 0.00197. The molecular weight excluding hydrogens is 312 g/mol. The van der Waals surface area contributed by atoms with Crippen molar-refractivity contribution in [3.05, 3.63) is 53.8 Å². The van der Waals surface area contributed by atoms with E-state index in [4.69, 9.17) is 16.6 Å². The summed E-state index contributed by atoms with van der Waals surface area (Å²) >= 11 is 0. The van der Waals surface area contributed by atoms with Crippen LogP contribution in [0, 0.1) is 0 Å². The van der Waals surface area contributed by atoms with Crippen molar-refractivity contribution in [3.8, 4) is 0 Å². The number of aromatic carboxylic acids is 1. The van der Waals surface area contributed by atoms with E-state index >= 15 is 0 Å². The minimum atomic E-state index is -0.994. The molecule has 0 amide bonds. The zero-order valence-corrected chi connectivity index (χ0v) is 12.6. The molecule has 0 saturated heterocycles. The van der Waals surface area contributed by atoms with Gasteiger partial charge in [0.2, 0.25) is 5.88 Å². The molecule has 7 N–H and O–H groups in total. The summed E-state index contributed by atoms with van der Waals surface area (Å²) in [6, 6.07) is 6.23. The molecule has 0 spiro atoms. The predicted octanol–water partition coefficient (Wildman–Crippen LogP) is 0.836. The first-order valence-electron chi connectivity index (χ1n) is 6.78. The van der Waals surface area contributed by atoms with Gasteiger partial charge < -0.3 is 27.0 Å². The largest absolute Gasteiger partial charge is 0.493 e. The lowest BCUT2D eigenvalue weighted by Gasteiger charge is -2.12. The molecule has 0 atom stereocenters. The van der Waals surface area contributed by atoms with Crippen LogP contribution >= 0.6 is 0 Å². The molecule has 0 radical (unpaired) electrons. The topological polar surface area (TPSA) is 159 Å². The number of nitrogens with zero attached hydrogens (tertiary/aromatic N) is 3. The highest BCUT2D eigenvalue weighted by molar-refractivity contribution is 6.37. The molecule has 24 heavy (non-hydrogen) atoms. The predicted molar refractivity (Wildman–Crippen MR) is 92.4 cm³/mol. The maximum Gasteiger partial charge on any atom is 0.335 e. The van der Waals surface area contributed by atoms with Gasteiger partial charge in [0.25, 0.3) is 0 Å². The van der Waals surface area contributed by atoms with Gasteiger partial charge in [-0.2, -0.15) is 0 Å². The standard InChI is InChI=1S/C15H16N6O3/c1-8(16)20-14-12(13(17)22)21-11(7-19-14)6-18-10-4-2-9(3-5-10)15(23)24/h2-5,7,18,22H,1,6,16-17H2,(H,23,24)/b13-12-,20-14+. The minimum Gasteiger partial charge on any atom is -0.493 e. The lowest BCUT2D eigenvalue weighted by Crippen LogP contribution is -2.22. The third-order valence-corrected chi connectivity index (χ3v) is 2.90. The first-order valence-corrected chi connectivity index (χ1v) is 6.78. The van der Waals surface area contributed by atoms with E-state index in [2.05, 4.69) is 26.9 Å². The van der Waals surface area contributed by atoms with Gasteiger partial charge >= 0.3 is 5.97 Å². The van der Waals surface area contributed by atoms with Gasteiger partial charge in [-0.05, 0) is 24.3 Å². The molecule has 0 bridgehead atoms. The van der Waals surface area contributed by atoms with Crippen molar-refractivity contribution in [3.63, 3.8) is 0 Å². The van der Waals surface area contributed by atoms with E-state index in [1.165, 1.54) is 18.3 Å². The summed E-state index contributed by atoms with van der Waals surface area (Å²) < 4.78 is 0. The molecule has 2 rings (SSSR count). The van der Waals surface area contributed by atoms with Crippen LogP contribution in [-0.2, 0) is 0 Å². The van der Waals surface area contributed by atoms with Crippen LogP contribution in [0.1, 0.15) is 10.4 Å². The van der Waals surface area contributed by atoms with Crippen molar-refractivity contribution in [1.82, 2.24) is 0 Å². The third kappa shape index (κ3) is 4.19. The van der Waals surface area contributed by atoms with Gasteiger partial charge in [0.1, 0.15) is 5.82 Å². The number of carbonyl (C=O) groups is 1. The molecule has 1 aromatic rings. The fourth-order valence-electron chi connectivity index (χ4n) is 1.82. The summed E-state index contributed by atoms with van der Waals surface area (Å²) in [4.78, 5) is 22.8. The number of hydrogen-bond donors (Lipinski definition) is 5. The lowest BCUT2D eigenvalue weighted by atomic mass is 10.2. The fourth-order valence-corrected chi connectivity index (χ4v) is 1.82. The monoisotopic (exact) mass is 328 g/mol. The smallest absolute Gasteiger partial charge is 0.335 e. The molecule has 0 saturated carbocycles. The van der Waals surface area contributed by atoms with Crippen LogP contribution in [0.15, 0.2) is 63.2 Å². The van der Waals surface area contributed by atoms with Gasteiger partial charge in [0.05, 0.1) is 24.0 Å². The van der Waals surface area contributed by atoms with Crippen LogP contribution in [0.25, 0.3) is 0 Å². The number of rotatable bonds is 5. The Balaban J connectivity index is 2.11. The number of anilines is 1. The number of aliphatic imine (C=N–C) groups is 3. The number of aliphatic hydroxyl groups excluding tert-OH is 1. The van der Waals surface area contributed by atoms with Crippen molar-refractivity contribution in [2.75, 3.05) is 11.9 Å². The SMILES string of the molecule is C=C(N)/N=C1/N=CC(CNc2ccc(C(=O)O)cc2)=N/C1=C(/N)O. The number of carboxylic acids is 1. The Bertz CT molecular complexity index is 786. The first-order chi connectivity index (χ1) is 11.4. The van der Waals surface area contributed by atoms with Crippen molar-refractivity contribution < 1.29 is 15.0 Å². The quantitative estimate of drug-likeness (QED) is 0.503. The Morgan fingerprint density at radius 2 is 1.92 bits per heavy atom. The molecule has 9 nitrogen and oxygen atoms in total. The Hall–Kier alpha value is -3.62. The summed E-state index contributed by atoms with van der Waals surface area (Å²) in [5.74, 6) is -1.45. The average molecular weight is 328 g/mol. The Kier molecular flexibility index (Phi) is 4.95. The van der Waals surface area contributed by atoms with Gasteiger partial charge in [0.15, 0.2) is 11.5 Å². The highest BCUT2D eigenvalue weighted by atomic mass is 16.4. The molecule has 1 aliphatic rings. The Labute approximate surface area is 137 Å². The van der Waals surface area contributed by atoms with Crippen molar-refractivity contribution in [2.45, 2.75) is 0 Å². The van der Waals surface area contributed by atoms with Gasteiger partial charge in [-0.25, -0.2) is 19.8 Å². The highest BCUT2D eigenvalue weighted by Gasteiger charge is 2.16. The number of hydrogen-bond acceptors (Lipinski definition) is 7. The Morgan fingerprint density at radius 1 is 1.25 bits per heavy atom. The molecule has 0 fully saturated rings. The maximum atomic E-state index is 10.8. The molecule has 1 aliphatic heterocycles. The molecule has 0 aromatic heterocycles. The second-order valence-corrected chi connectivity index (χ2v) is 4.76. The van der Waals surface area contributed by atoms with Gasteiger partial charge in [0, 0.05) is 5.69 Å². The van der Waals surface area contributed by atoms with E-state index in [-0.39, 0.29) is 29.5 Å². The summed E-state index contributed by atoms with van der Waals surface area (Å²) in [5.41, 5.74) is 12.1. The van der Waals surface area contributed by atoms with Gasteiger partial charge in [-0.15, -0.1) is 0 Å². The second-order valence-electron chi connectivity index (χ2n) is 4.76. The number of amidine groups is 1. The summed E-state index contributed by atoms with van der Waals surface area (Å²) in [6.45, 7) is 3.71. The molecule has 9 heteroatoms. The van der Waals surface area contributed by atoms with Crippen molar-refractivity contribution in [2.24, 2.45) is 26.4 Å². The van der Waals surface area contributed by atoms with E-state index in [0.29, 0.717) is 11.4 Å². The van der Waals surface area contributed by atoms with Crippen LogP contribution in [0.4, 0.5) is 5.69 Å². The van der Waals surface area contributed by atoms with Crippen molar-refractivity contribution >= 4 is 29.4 Å². The zero-order chi connectivity index (χ0) is 17.7. The molecule has 0 aliphatic carbocycles. The second kappa shape index (κ2) is 7.09. The number of benzene rings is 1. The van der Waals surface area contributed by atoms with E-state index in [1.807, 2.05) is 0 Å². The van der Waals surface area contributed by atoms with Crippen LogP contribution in [0.2, 0.25) is 0 Å². The molecular formula is C15H16N6O3. The van der Waals surface area contributed by atoms with E-state index < -0.39 is 11.9 Å². The average Bonchev–Trinajstić information content (AvgIpc) is 2.53. The van der Waals surface area contributed by atoms with Gasteiger partial charge in [-0.3, -0.25) is 0 Å². The summed E-state index contributed by atoms with van der Waals surface area (Å²) in [5, 5.41) is 21.4. The number of nitrogens with two attached hydrogens (primary N) is 2.